The van der Waals surface area contributed by atoms with Crippen LogP contribution in [0.25, 0.3) is 0 Å². The van der Waals surface area contributed by atoms with E-state index in [0.29, 0.717) is 12.8 Å². The third-order valence-electron chi connectivity index (χ3n) is 4.80. The number of fused-ring (bicyclic) bond motifs is 2. The summed E-state index contributed by atoms with van der Waals surface area (Å²) in [5.41, 5.74) is 0.142. The minimum absolute atomic E-state index is 0.0868. The van der Waals surface area contributed by atoms with Crippen molar-refractivity contribution >= 4 is 11.8 Å². The monoisotopic (exact) mass is 264 g/mol. The van der Waals surface area contributed by atoms with Gasteiger partial charge >= 0.3 is 5.97 Å². The van der Waals surface area contributed by atoms with Gasteiger partial charge in [0, 0.05) is 5.92 Å². The summed E-state index contributed by atoms with van der Waals surface area (Å²) in [6, 6.07) is 0. The van der Waals surface area contributed by atoms with Crippen molar-refractivity contribution in [3.8, 4) is 0 Å². The van der Waals surface area contributed by atoms with Crippen LogP contribution in [0.5, 0.6) is 0 Å². The lowest BCUT2D eigenvalue weighted by Crippen LogP contribution is -2.45. The summed E-state index contributed by atoms with van der Waals surface area (Å²) in [4.78, 5) is 25.2. The topological polar surface area (TPSA) is 43.4 Å². The number of methoxy groups -OCH3 is 1. The first-order valence-corrected chi connectivity index (χ1v) is 7.42. The molecule has 19 heavy (non-hydrogen) atoms. The zero-order chi connectivity index (χ0) is 13.9. The Bertz CT molecular complexity index is 381. The van der Waals surface area contributed by atoms with Crippen molar-refractivity contribution in [2.24, 2.45) is 11.3 Å². The van der Waals surface area contributed by atoms with Gasteiger partial charge in [-0.25, -0.2) is 0 Å². The molecule has 106 valence electrons. The van der Waals surface area contributed by atoms with Crippen molar-refractivity contribution in [2.45, 2.75) is 57.8 Å². The first-order chi connectivity index (χ1) is 9.12. The summed E-state index contributed by atoms with van der Waals surface area (Å²) >= 11 is 0. The molecule has 0 aromatic carbocycles. The zero-order valence-electron chi connectivity index (χ0n) is 11.9. The van der Waals surface area contributed by atoms with Crippen molar-refractivity contribution in [3.63, 3.8) is 0 Å². The van der Waals surface area contributed by atoms with E-state index in [1.165, 1.54) is 7.11 Å². The number of carbonyl (C=O) groups is 2. The van der Waals surface area contributed by atoms with Crippen molar-refractivity contribution in [3.05, 3.63) is 12.2 Å². The lowest BCUT2D eigenvalue weighted by Gasteiger charge is -2.37. The maximum atomic E-state index is 12.9. The van der Waals surface area contributed by atoms with E-state index in [2.05, 4.69) is 6.58 Å². The van der Waals surface area contributed by atoms with Gasteiger partial charge in [0.2, 0.25) is 0 Å². The molecule has 2 rings (SSSR count). The Hall–Kier alpha value is -1.12. The smallest absolute Gasteiger partial charge is 0.319 e. The van der Waals surface area contributed by atoms with Gasteiger partial charge in [0.1, 0.15) is 5.41 Å². The van der Waals surface area contributed by atoms with Crippen LogP contribution in [0.3, 0.4) is 0 Å². The number of Topliss-reactive ketones (excluding diaryl/α,β-unsaturated/α-hetero) is 1. The number of rotatable bonds is 1. The largest absolute Gasteiger partial charge is 0.468 e. The van der Waals surface area contributed by atoms with Crippen LogP contribution < -0.4 is 0 Å². The van der Waals surface area contributed by atoms with Gasteiger partial charge in [-0.1, -0.05) is 37.8 Å². The fraction of sp³-hybridized carbons (Fsp3) is 0.750. The molecule has 0 aliphatic heterocycles. The Kier molecular flexibility index (Phi) is 4.43. The van der Waals surface area contributed by atoms with E-state index in [1.54, 1.807) is 0 Å². The molecular formula is C16H24O3. The Morgan fingerprint density at radius 1 is 1.21 bits per heavy atom. The molecule has 0 radical (unpaired) electrons. The molecule has 0 aromatic rings. The highest BCUT2D eigenvalue weighted by Gasteiger charge is 2.49. The molecular weight excluding hydrogens is 240 g/mol. The van der Waals surface area contributed by atoms with Crippen LogP contribution in [0.2, 0.25) is 0 Å². The second kappa shape index (κ2) is 5.89. The fourth-order valence-corrected chi connectivity index (χ4v) is 3.63. The van der Waals surface area contributed by atoms with E-state index < -0.39 is 5.41 Å². The van der Waals surface area contributed by atoms with Gasteiger partial charge in [0.05, 0.1) is 7.11 Å². The molecule has 2 unspecified atom stereocenters. The quantitative estimate of drug-likeness (QED) is 0.414. The Balaban J connectivity index is 2.40. The van der Waals surface area contributed by atoms with E-state index in [-0.39, 0.29) is 17.7 Å². The molecule has 3 nitrogen and oxygen atoms in total. The van der Waals surface area contributed by atoms with Crippen LogP contribution in [-0.4, -0.2) is 18.9 Å². The zero-order valence-corrected chi connectivity index (χ0v) is 11.9. The van der Waals surface area contributed by atoms with Crippen LogP contribution in [0, 0.1) is 11.3 Å². The molecule has 2 aliphatic rings. The fourth-order valence-electron chi connectivity index (χ4n) is 3.63. The molecule has 2 bridgehead atoms. The molecule has 0 heterocycles. The van der Waals surface area contributed by atoms with Crippen LogP contribution in [-0.2, 0) is 14.3 Å². The lowest BCUT2D eigenvalue weighted by molar-refractivity contribution is -0.161. The van der Waals surface area contributed by atoms with Crippen LogP contribution in [0.1, 0.15) is 57.8 Å². The predicted molar refractivity (Wildman–Crippen MR) is 73.6 cm³/mol. The molecule has 0 saturated heterocycles. The van der Waals surface area contributed by atoms with Crippen LogP contribution >= 0.6 is 0 Å². The number of hydrogen-bond donors (Lipinski definition) is 0. The van der Waals surface area contributed by atoms with Gasteiger partial charge in [-0.2, -0.15) is 0 Å². The van der Waals surface area contributed by atoms with Gasteiger partial charge in [0.25, 0.3) is 0 Å². The third kappa shape index (κ3) is 2.60. The minimum atomic E-state index is -0.886. The van der Waals surface area contributed by atoms with E-state index in [9.17, 15) is 9.59 Å². The maximum Gasteiger partial charge on any atom is 0.319 e. The predicted octanol–water partition coefficient (Wildman–Crippen LogP) is 3.43. The van der Waals surface area contributed by atoms with Gasteiger partial charge in [-0.05, 0) is 32.1 Å². The van der Waals surface area contributed by atoms with E-state index >= 15 is 0 Å². The minimum Gasteiger partial charge on any atom is -0.468 e. The highest BCUT2D eigenvalue weighted by molar-refractivity contribution is 6.05. The van der Waals surface area contributed by atoms with E-state index in [4.69, 9.17) is 4.74 Å². The summed E-state index contributed by atoms with van der Waals surface area (Å²) in [5.74, 6) is -0.359. The van der Waals surface area contributed by atoms with Gasteiger partial charge in [-0.3, -0.25) is 9.59 Å². The Morgan fingerprint density at radius 2 is 1.89 bits per heavy atom. The van der Waals surface area contributed by atoms with Crippen molar-refractivity contribution < 1.29 is 14.3 Å². The van der Waals surface area contributed by atoms with E-state index in [1.807, 2.05) is 0 Å². The number of carbonyl (C=O) groups excluding carboxylic acids is 2. The van der Waals surface area contributed by atoms with Gasteiger partial charge in [0.15, 0.2) is 5.78 Å². The summed E-state index contributed by atoms with van der Waals surface area (Å²) in [6.07, 6.45) is 8.13. The second-order valence-electron chi connectivity index (χ2n) is 5.96. The van der Waals surface area contributed by atoms with Gasteiger partial charge < -0.3 is 4.74 Å². The first-order valence-electron chi connectivity index (χ1n) is 7.42. The van der Waals surface area contributed by atoms with Crippen molar-refractivity contribution in [2.75, 3.05) is 7.11 Å². The standard InChI is InChI=1S/C16H24O3/c1-12-8-5-7-11-16(15(18)19-2)10-6-3-4-9-13(12)14(16)17/h13H,1,3-11H2,2H3. The molecule has 2 saturated carbocycles. The second-order valence-corrected chi connectivity index (χ2v) is 5.96. The SMILES string of the molecule is C=C1CCCCC2(C(=O)OC)CCCCCC1C2=O. The van der Waals surface area contributed by atoms with Gasteiger partial charge in [-0.15, -0.1) is 0 Å². The Labute approximate surface area is 115 Å². The molecule has 2 atom stereocenters. The maximum absolute atomic E-state index is 12.9. The number of ketones is 1. The number of hydrogen-bond acceptors (Lipinski definition) is 3. The normalized spacial score (nSPS) is 32.8. The Morgan fingerprint density at radius 3 is 2.58 bits per heavy atom. The average Bonchev–Trinajstić information content (AvgIpc) is 2.39. The molecule has 2 fully saturated rings. The van der Waals surface area contributed by atoms with E-state index in [0.717, 1.165) is 50.5 Å². The highest BCUT2D eigenvalue weighted by Crippen LogP contribution is 2.43. The summed E-state index contributed by atoms with van der Waals surface area (Å²) in [5, 5.41) is 0. The molecule has 0 aromatic heterocycles. The molecule has 0 amide bonds. The molecule has 0 spiro atoms. The first kappa shape index (κ1) is 14.3. The third-order valence-corrected chi connectivity index (χ3v) is 4.80. The van der Waals surface area contributed by atoms with Crippen molar-refractivity contribution in [1.82, 2.24) is 0 Å². The number of ether oxygens (including phenoxy) is 1. The van der Waals surface area contributed by atoms with Crippen LogP contribution in [0.4, 0.5) is 0 Å². The molecule has 0 N–H and O–H groups in total. The highest BCUT2D eigenvalue weighted by atomic mass is 16.5. The van der Waals surface area contributed by atoms with Crippen molar-refractivity contribution in [1.29, 1.82) is 0 Å². The molecule has 3 heteroatoms. The van der Waals surface area contributed by atoms with Crippen LogP contribution in [0.15, 0.2) is 12.2 Å². The lowest BCUT2D eigenvalue weighted by atomic mass is 9.65. The average molecular weight is 264 g/mol. The summed E-state index contributed by atoms with van der Waals surface area (Å²) < 4.78 is 4.98. The summed E-state index contributed by atoms with van der Waals surface area (Å²) in [7, 11) is 1.39. The number of esters is 1. The molecule has 2 aliphatic carbocycles. The summed E-state index contributed by atoms with van der Waals surface area (Å²) in [6.45, 7) is 4.10. The number of allylic oxidation sites excluding steroid dienone is 1.